The van der Waals surface area contributed by atoms with Crippen molar-refractivity contribution in [1.29, 1.82) is 0 Å². The predicted molar refractivity (Wildman–Crippen MR) is 137 cm³/mol. The lowest BCUT2D eigenvalue weighted by atomic mass is 9.84. The quantitative estimate of drug-likeness (QED) is 0.462. The van der Waals surface area contributed by atoms with E-state index in [0.29, 0.717) is 18.5 Å². The largest absolute Gasteiger partial charge is 0.393 e. The van der Waals surface area contributed by atoms with Crippen LogP contribution in [0.2, 0.25) is 0 Å². The second kappa shape index (κ2) is 10.8. The topological polar surface area (TPSA) is 96.2 Å². The van der Waals surface area contributed by atoms with Gasteiger partial charge in [-0.05, 0) is 42.0 Å². The molecule has 3 aromatic rings. The monoisotopic (exact) mass is 494 g/mol. The Labute approximate surface area is 211 Å². The standard InChI is InChI=1S/C28H35FN4O3/c1-28(2,3)25(27(36)30-16-19-8-4-7-11-23(19)34)31-26(35)24-21-9-5-6-10-22(21)33(32-24)17-18-12-14-20(29)15-13-18/h5-6,9-10,12-15,19,23,25,34H,4,7-8,11,16-17H2,1-3H3,(H,30,36)(H,31,35). The van der Waals surface area contributed by atoms with E-state index in [0.717, 1.165) is 36.8 Å². The molecule has 1 aliphatic rings. The minimum atomic E-state index is -0.785. The third-order valence-corrected chi connectivity index (χ3v) is 6.93. The fraction of sp³-hybridized carbons (Fsp3) is 0.464. The molecule has 1 fully saturated rings. The minimum absolute atomic E-state index is 0.0325. The molecule has 3 unspecified atom stereocenters. The summed E-state index contributed by atoms with van der Waals surface area (Å²) in [6, 6.07) is 12.8. The predicted octanol–water partition coefficient (Wildman–Crippen LogP) is 4.04. The van der Waals surface area contributed by atoms with Crippen LogP contribution in [0.4, 0.5) is 4.39 Å². The zero-order valence-electron chi connectivity index (χ0n) is 21.1. The van der Waals surface area contributed by atoms with Crippen LogP contribution < -0.4 is 10.6 Å². The third kappa shape index (κ3) is 5.93. The summed E-state index contributed by atoms with van der Waals surface area (Å²) in [4.78, 5) is 26.6. The van der Waals surface area contributed by atoms with Gasteiger partial charge in [-0.1, -0.05) is 63.9 Å². The normalized spacial score (nSPS) is 19.1. The average Bonchev–Trinajstić information content (AvgIpc) is 3.21. The first-order valence-electron chi connectivity index (χ1n) is 12.6. The van der Waals surface area contributed by atoms with E-state index in [1.165, 1.54) is 12.1 Å². The number of nitrogens with one attached hydrogen (secondary N) is 2. The van der Waals surface area contributed by atoms with Crippen LogP contribution in [0, 0.1) is 17.2 Å². The third-order valence-electron chi connectivity index (χ3n) is 6.93. The summed E-state index contributed by atoms with van der Waals surface area (Å²) in [5.74, 6) is -0.987. The Morgan fingerprint density at radius 3 is 2.50 bits per heavy atom. The van der Waals surface area contributed by atoms with Gasteiger partial charge in [0.05, 0.1) is 18.2 Å². The summed E-state index contributed by atoms with van der Waals surface area (Å²) in [5, 5.41) is 21.4. The summed E-state index contributed by atoms with van der Waals surface area (Å²) in [6.07, 6.45) is 3.29. The number of halogens is 1. The molecule has 2 aromatic carbocycles. The highest BCUT2D eigenvalue weighted by Crippen LogP contribution is 2.25. The second-order valence-corrected chi connectivity index (χ2v) is 10.8. The number of aliphatic hydroxyl groups is 1. The van der Waals surface area contributed by atoms with E-state index in [1.54, 1.807) is 16.8 Å². The van der Waals surface area contributed by atoms with Gasteiger partial charge >= 0.3 is 0 Å². The Morgan fingerprint density at radius 1 is 1.11 bits per heavy atom. The van der Waals surface area contributed by atoms with Crippen LogP contribution in [-0.4, -0.2) is 45.4 Å². The lowest BCUT2D eigenvalue weighted by Gasteiger charge is -2.32. The molecule has 36 heavy (non-hydrogen) atoms. The molecule has 3 atom stereocenters. The lowest BCUT2D eigenvalue weighted by molar-refractivity contribution is -0.125. The zero-order valence-corrected chi connectivity index (χ0v) is 21.1. The molecule has 8 heteroatoms. The summed E-state index contributed by atoms with van der Waals surface area (Å²) in [5.41, 5.74) is 1.32. The average molecular weight is 495 g/mol. The van der Waals surface area contributed by atoms with Crippen LogP contribution in [0.5, 0.6) is 0 Å². The van der Waals surface area contributed by atoms with E-state index in [2.05, 4.69) is 15.7 Å². The number of fused-ring (bicyclic) bond motifs is 1. The summed E-state index contributed by atoms with van der Waals surface area (Å²) >= 11 is 0. The zero-order chi connectivity index (χ0) is 25.9. The van der Waals surface area contributed by atoms with Gasteiger partial charge in [0.1, 0.15) is 11.9 Å². The molecular formula is C28H35FN4O3. The Kier molecular flexibility index (Phi) is 7.73. The summed E-state index contributed by atoms with van der Waals surface area (Å²) in [6.45, 7) is 6.47. The molecule has 0 radical (unpaired) electrons. The van der Waals surface area contributed by atoms with Crippen LogP contribution in [0.15, 0.2) is 48.5 Å². The van der Waals surface area contributed by atoms with E-state index in [4.69, 9.17) is 0 Å². The SMILES string of the molecule is CC(C)(C)C(NC(=O)c1nn(Cc2ccc(F)cc2)c2ccccc12)C(=O)NCC1CCCCC1O. The highest BCUT2D eigenvalue weighted by molar-refractivity contribution is 6.06. The molecule has 2 amide bonds. The Hall–Kier alpha value is -3.26. The van der Waals surface area contributed by atoms with Crippen LogP contribution in [-0.2, 0) is 11.3 Å². The maximum atomic E-state index is 13.4. The van der Waals surface area contributed by atoms with Crippen molar-refractivity contribution in [2.24, 2.45) is 11.3 Å². The van der Waals surface area contributed by atoms with Gasteiger partial charge < -0.3 is 15.7 Å². The lowest BCUT2D eigenvalue weighted by Crippen LogP contribution is -2.54. The second-order valence-electron chi connectivity index (χ2n) is 10.8. The highest BCUT2D eigenvalue weighted by atomic mass is 19.1. The van der Waals surface area contributed by atoms with E-state index in [9.17, 15) is 19.1 Å². The molecule has 0 bridgehead atoms. The number of amides is 2. The van der Waals surface area contributed by atoms with Crippen molar-refractivity contribution in [2.75, 3.05) is 6.54 Å². The molecule has 0 aliphatic heterocycles. The maximum absolute atomic E-state index is 13.4. The van der Waals surface area contributed by atoms with Gasteiger partial charge in [0.25, 0.3) is 5.91 Å². The number of hydrogen-bond donors (Lipinski definition) is 3. The van der Waals surface area contributed by atoms with Crippen molar-refractivity contribution in [3.05, 3.63) is 65.6 Å². The highest BCUT2D eigenvalue weighted by Gasteiger charge is 2.35. The Bertz CT molecular complexity index is 1220. The molecule has 4 rings (SSSR count). The summed E-state index contributed by atoms with van der Waals surface area (Å²) < 4.78 is 15.0. The molecule has 7 nitrogen and oxygen atoms in total. The molecule has 1 aromatic heterocycles. The molecule has 192 valence electrons. The van der Waals surface area contributed by atoms with Crippen molar-refractivity contribution >= 4 is 22.7 Å². The maximum Gasteiger partial charge on any atom is 0.273 e. The Morgan fingerprint density at radius 2 is 1.81 bits per heavy atom. The number of carbonyl (C=O) groups excluding carboxylic acids is 2. The van der Waals surface area contributed by atoms with Crippen LogP contribution in [0.1, 0.15) is 62.5 Å². The van der Waals surface area contributed by atoms with Crippen LogP contribution >= 0.6 is 0 Å². The first-order chi connectivity index (χ1) is 17.1. The van der Waals surface area contributed by atoms with E-state index >= 15 is 0 Å². The van der Waals surface area contributed by atoms with Crippen molar-refractivity contribution in [2.45, 2.75) is 65.1 Å². The van der Waals surface area contributed by atoms with Gasteiger partial charge in [-0.15, -0.1) is 0 Å². The molecule has 3 N–H and O–H groups in total. The molecular weight excluding hydrogens is 459 g/mol. The van der Waals surface area contributed by atoms with Gasteiger partial charge in [-0.25, -0.2) is 4.39 Å². The van der Waals surface area contributed by atoms with E-state index in [-0.39, 0.29) is 23.3 Å². The first-order valence-corrected chi connectivity index (χ1v) is 12.6. The number of aromatic nitrogens is 2. The van der Waals surface area contributed by atoms with E-state index < -0.39 is 23.5 Å². The van der Waals surface area contributed by atoms with Crippen molar-refractivity contribution in [3.63, 3.8) is 0 Å². The number of hydrogen-bond acceptors (Lipinski definition) is 4. The van der Waals surface area contributed by atoms with E-state index in [1.807, 2.05) is 45.0 Å². The van der Waals surface area contributed by atoms with Crippen molar-refractivity contribution in [1.82, 2.24) is 20.4 Å². The van der Waals surface area contributed by atoms with Gasteiger partial charge in [0.2, 0.25) is 5.91 Å². The van der Waals surface area contributed by atoms with Crippen molar-refractivity contribution < 1.29 is 19.1 Å². The Balaban J connectivity index is 1.53. The molecule has 0 spiro atoms. The molecule has 1 aliphatic carbocycles. The van der Waals surface area contributed by atoms with Gasteiger partial charge in [-0.2, -0.15) is 5.10 Å². The molecule has 1 saturated carbocycles. The van der Waals surface area contributed by atoms with Gasteiger partial charge in [0, 0.05) is 17.8 Å². The summed E-state index contributed by atoms with van der Waals surface area (Å²) in [7, 11) is 0. The number of nitrogens with zero attached hydrogens (tertiary/aromatic N) is 2. The number of rotatable bonds is 7. The minimum Gasteiger partial charge on any atom is -0.393 e. The molecule has 1 heterocycles. The first kappa shape index (κ1) is 25.8. The number of para-hydroxylation sites is 1. The van der Waals surface area contributed by atoms with Gasteiger partial charge in [0.15, 0.2) is 5.69 Å². The number of carbonyl (C=O) groups is 2. The molecule has 0 saturated heterocycles. The van der Waals surface area contributed by atoms with Crippen molar-refractivity contribution in [3.8, 4) is 0 Å². The van der Waals surface area contributed by atoms with Crippen LogP contribution in [0.3, 0.4) is 0 Å². The number of benzene rings is 2. The van der Waals surface area contributed by atoms with Crippen LogP contribution in [0.25, 0.3) is 10.9 Å². The smallest absolute Gasteiger partial charge is 0.273 e. The fourth-order valence-electron chi connectivity index (χ4n) is 4.81. The fourth-order valence-corrected chi connectivity index (χ4v) is 4.81. The number of aliphatic hydroxyl groups excluding tert-OH is 1. The van der Waals surface area contributed by atoms with Gasteiger partial charge in [-0.3, -0.25) is 14.3 Å².